The third-order valence-corrected chi connectivity index (χ3v) is 6.50. The van der Waals surface area contributed by atoms with E-state index in [1.165, 1.54) is 6.07 Å². The Balaban J connectivity index is 1.62. The van der Waals surface area contributed by atoms with Gasteiger partial charge in [0.05, 0.1) is 27.6 Å². The van der Waals surface area contributed by atoms with Gasteiger partial charge in [-0.15, -0.1) is 0 Å². The van der Waals surface area contributed by atoms with Crippen LogP contribution >= 0.6 is 0 Å². The Bertz CT molecular complexity index is 1300. The van der Waals surface area contributed by atoms with Gasteiger partial charge < -0.3 is 9.84 Å². The van der Waals surface area contributed by atoms with Crippen molar-refractivity contribution < 1.29 is 27.2 Å². The van der Waals surface area contributed by atoms with Crippen LogP contribution in [-0.4, -0.2) is 31.2 Å². The molecule has 1 unspecified atom stereocenters. The van der Waals surface area contributed by atoms with Gasteiger partial charge >= 0.3 is 6.18 Å². The molecule has 5 nitrogen and oxygen atoms in total. The van der Waals surface area contributed by atoms with Crippen LogP contribution in [0.15, 0.2) is 71.6 Å². The second-order valence-corrected chi connectivity index (χ2v) is 8.93. The number of imidazole rings is 1. The molecule has 0 spiro atoms. The van der Waals surface area contributed by atoms with Crippen LogP contribution in [0, 0.1) is 6.92 Å². The van der Waals surface area contributed by atoms with Crippen molar-refractivity contribution in [2.45, 2.75) is 24.4 Å². The zero-order chi connectivity index (χ0) is 23.6. The van der Waals surface area contributed by atoms with E-state index in [9.17, 15) is 17.4 Å². The Morgan fingerprint density at radius 3 is 2.45 bits per heavy atom. The molecule has 0 saturated heterocycles. The molecule has 0 fully saturated rings. The van der Waals surface area contributed by atoms with Crippen molar-refractivity contribution in [1.29, 1.82) is 0 Å². The highest BCUT2D eigenvalue weighted by atomic mass is 32.2. The van der Waals surface area contributed by atoms with Crippen LogP contribution in [0.3, 0.4) is 0 Å². The molecule has 0 bridgehead atoms. The molecule has 4 aromatic rings. The first kappa shape index (κ1) is 23.0. The topological polar surface area (TPSA) is 64.4 Å². The van der Waals surface area contributed by atoms with E-state index in [0.29, 0.717) is 45.6 Å². The van der Waals surface area contributed by atoms with Gasteiger partial charge in [-0.3, -0.25) is 8.78 Å². The summed E-state index contributed by atoms with van der Waals surface area (Å²) in [6.45, 7) is 1.65. The molecule has 0 aliphatic heterocycles. The number of ether oxygens (including phenoxy) is 1. The highest BCUT2D eigenvalue weighted by Gasteiger charge is 2.34. The van der Waals surface area contributed by atoms with Gasteiger partial charge in [0, 0.05) is 23.3 Å². The lowest BCUT2D eigenvalue weighted by atomic mass is 10.1. The number of rotatable bonds is 7. The molecule has 33 heavy (non-hydrogen) atoms. The molecule has 0 radical (unpaired) electrons. The van der Waals surface area contributed by atoms with Crippen molar-refractivity contribution in [1.82, 2.24) is 9.55 Å². The number of aliphatic hydroxyl groups excluding tert-OH is 1. The number of aryl methyl sites for hydroxylation is 1. The Hall–Kier alpha value is -3.17. The number of halogens is 3. The van der Waals surface area contributed by atoms with Crippen LogP contribution in [0.2, 0.25) is 0 Å². The number of hydrogen-bond acceptors (Lipinski definition) is 4. The van der Waals surface area contributed by atoms with Gasteiger partial charge in [-0.25, -0.2) is 4.98 Å². The van der Waals surface area contributed by atoms with E-state index in [4.69, 9.17) is 9.84 Å². The van der Waals surface area contributed by atoms with E-state index in [1.54, 1.807) is 66.1 Å². The number of aromatic nitrogens is 2. The summed E-state index contributed by atoms with van der Waals surface area (Å²) in [5.41, 5.74) is 0.104. The molecule has 9 heteroatoms. The molecule has 0 saturated carbocycles. The predicted molar refractivity (Wildman–Crippen MR) is 120 cm³/mol. The molecular weight excluding hydrogens is 453 g/mol. The van der Waals surface area contributed by atoms with Crippen molar-refractivity contribution in [3.05, 3.63) is 78.1 Å². The summed E-state index contributed by atoms with van der Waals surface area (Å²) in [4.78, 5) is 4.82. The Morgan fingerprint density at radius 2 is 1.76 bits per heavy atom. The molecular formula is C24H21F3N2O3S. The number of alkyl halides is 3. The summed E-state index contributed by atoms with van der Waals surface area (Å²) >= 11 is 0. The fourth-order valence-corrected chi connectivity index (χ4v) is 4.63. The summed E-state index contributed by atoms with van der Waals surface area (Å²) in [6, 6.07) is 17.8. The molecule has 1 heterocycles. The SMILES string of the molecule is Cc1nc2c(C(F)(F)F)cccc2n1-c1cccc(Oc2ccc(S(=O)CCCO)cc2)c1. The standard InChI is InChI=1S/C24H21F3N2O3S/c1-16-28-23-21(24(25,26)27)7-3-8-22(23)29(16)17-5-2-6-19(15-17)32-18-9-11-20(12-10-18)33(31)14-4-13-30/h2-3,5-12,15,30H,4,13-14H2,1H3. The zero-order valence-corrected chi connectivity index (χ0v) is 18.5. The molecule has 0 aliphatic carbocycles. The van der Waals surface area contributed by atoms with Crippen LogP contribution in [0.1, 0.15) is 17.8 Å². The van der Waals surface area contributed by atoms with Crippen LogP contribution < -0.4 is 4.74 Å². The van der Waals surface area contributed by atoms with Gasteiger partial charge in [0.2, 0.25) is 0 Å². The maximum absolute atomic E-state index is 13.4. The highest BCUT2D eigenvalue weighted by molar-refractivity contribution is 7.85. The average molecular weight is 475 g/mol. The van der Waals surface area contributed by atoms with Crippen LogP contribution in [0.5, 0.6) is 11.5 Å². The smallest absolute Gasteiger partial charge is 0.418 e. The zero-order valence-electron chi connectivity index (χ0n) is 17.7. The molecule has 172 valence electrons. The maximum atomic E-state index is 13.4. The second kappa shape index (κ2) is 9.36. The third-order valence-electron chi connectivity index (χ3n) is 5.04. The van der Waals surface area contributed by atoms with Crippen molar-refractivity contribution in [2.24, 2.45) is 0 Å². The Kier molecular flexibility index (Phi) is 6.53. The third kappa shape index (κ3) is 4.94. The normalized spacial score (nSPS) is 12.8. The van der Waals surface area contributed by atoms with Gasteiger partial charge in [0.25, 0.3) is 0 Å². The van der Waals surface area contributed by atoms with Gasteiger partial charge in [-0.05, 0) is 61.9 Å². The number of para-hydroxylation sites is 1. The summed E-state index contributed by atoms with van der Waals surface area (Å²) in [7, 11) is -1.19. The first-order valence-electron chi connectivity index (χ1n) is 10.2. The molecule has 1 N–H and O–H groups in total. The Morgan fingerprint density at radius 1 is 1.03 bits per heavy atom. The minimum atomic E-state index is -4.50. The first-order chi connectivity index (χ1) is 15.8. The predicted octanol–water partition coefficient (Wildman–Crippen LogP) is 5.64. The van der Waals surface area contributed by atoms with Crippen molar-refractivity contribution in [2.75, 3.05) is 12.4 Å². The minimum Gasteiger partial charge on any atom is -0.457 e. The lowest BCUT2D eigenvalue weighted by Crippen LogP contribution is -2.05. The first-order valence-corrected chi connectivity index (χ1v) is 11.5. The van der Waals surface area contributed by atoms with Gasteiger partial charge in [0.15, 0.2) is 0 Å². The van der Waals surface area contributed by atoms with Gasteiger partial charge in [-0.1, -0.05) is 12.1 Å². The lowest BCUT2D eigenvalue weighted by molar-refractivity contribution is -0.136. The van der Waals surface area contributed by atoms with Gasteiger partial charge in [0.1, 0.15) is 22.8 Å². The van der Waals surface area contributed by atoms with Crippen molar-refractivity contribution in [3.63, 3.8) is 0 Å². The van der Waals surface area contributed by atoms with E-state index < -0.39 is 22.5 Å². The fraction of sp³-hybridized carbons (Fsp3) is 0.208. The quantitative estimate of drug-likeness (QED) is 0.377. The molecule has 0 aliphatic rings. The number of hydrogen-bond donors (Lipinski definition) is 1. The van der Waals surface area contributed by atoms with Crippen LogP contribution in [0.25, 0.3) is 16.7 Å². The molecule has 4 rings (SSSR count). The fourth-order valence-electron chi connectivity index (χ4n) is 3.57. The summed E-state index contributed by atoms with van der Waals surface area (Å²) < 4.78 is 59.9. The summed E-state index contributed by atoms with van der Waals surface area (Å²) in [5.74, 6) is 1.83. The van der Waals surface area contributed by atoms with E-state index in [0.717, 1.165) is 6.07 Å². The number of nitrogens with zero attached hydrogens (tertiary/aromatic N) is 2. The molecule has 3 aromatic carbocycles. The maximum Gasteiger partial charge on any atom is 0.418 e. The van der Waals surface area contributed by atoms with Gasteiger partial charge in [-0.2, -0.15) is 13.2 Å². The van der Waals surface area contributed by atoms with E-state index in [-0.39, 0.29) is 12.1 Å². The lowest BCUT2D eigenvalue weighted by Gasteiger charge is -2.11. The largest absolute Gasteiger partial charge is 0.457 e. The van der Waals surface area contributed by atoms with Crippen molar-refractivity contribution in [3.8, 4) is 17.2 Å². The summed E-state index contributed by atoms with van der Waals surface area (Å²) in [6.07, 6.45) is -4.03. The molecule has 1 aromatic heterocycles. The average Bonchev–Trinajstić information content (AvgIpc) is 3.13. The summed E-state index contributed by atoms with van der Waals surface area (Å²) in [5, 5.41) is 8.88. The Labute approximate surface area is 190 Å². The van der Waals surface area contributed by atoms with Crippen LogP contribution in [0.4, 0.5) is 13.2 Å². The number of benzene rings is 3. The van der Waals surface area contributed by atoms with E-state index >= 15 is 0 Å². The molecule has 0 amide bonds. The molecule has 1 atom stereocenters. The monoisotopic (exact) mass is 474 g/mol. The van der Waals surface area contributed by atoms with E-state index in [2.05, 4.69) is 4.98 Å². The van der Waals surface area contributed by atoms with Crippen molar-refractivity contribution >= 4 is 21.8 Å². The van der Waals surface area contributed by atoms with E-state index in [1.807, 2.05) is 0 Å². The minimum absolute atomic E-state index is 0.00747. The number of fused-ring (bicyclic) bond motifs is 1. The second-order valence-electron chi connectivity index (χ2n) is 7.36. The highest BCUT2D eigenvalue weighted by Crippen LogP contribution is 2.36. The number of aliphatic hydroxyl groups is 1. The van der Waals surface area contributed by atoms with Crippen LogP contribution in [-0.2, 0) is 17.0 Å².